The Morgan fingerprint density at radius 2 is 1.76 bits per heavy atom. The van der Waals surface area contributed by atoms with Gasteiger partial charge in [-0.3, -0.25) is 4.79 Å². The van der Waals surface area contributed by atoms with E-state index in [4.69, 9.17) is 14.6 Å². The molecule has 0 saturated heterocycles. The van der Waals surface area contributed by atoms with Crippen molar-refractivity contribution >= 4 is 23.3 Å². The van der Waals surface area contributed by atoms with Gasteiger partial charge < -0.3 is 19.5 Å². The minimum Gasteiger partial charge on any atom is -0.494 e. The van der Waals surface area contributed by atoms with Crippen molar-refractivity contribution < 1.29 is 19.4 Å². The fraction of sp³-hybridized carbons (Fsp3) is 0.300. The van der Waals surface area contributed by atoms with Gasteiger partial charge in [-0.25, -0.2) is 0 Å². The molecule has 0 aliphatic carbocycles. The van der Waals surface area contributed by atoms with Crippen molar-refractivity contribution in [3.05, 3.63) is 77.1 Å². The molecule has 1 aliphatic rings. The zero-order chi connectivity index (χ0) is 26.6. The number of nitriles is 2. The number of hydrogen-bond acceptors (Lipinski definition) is 6. The summed E-state index contributed by atoms with van der Waals surface area (Å²) in [5.41, 5.74) is 3.63. The van der Waals surface area contributed by atoms with Gasteiger partial charge in [-0.1, -0.05) is 24.3 Å². The number of anilines is 1. The molecule has 2 aromatic rings. The molecule has 7 heteroatoms. The van der Waals surface area contributed by atoms with Crippen molar-refractivity contribution in [1.82, 2.24) is 0 Å². The topological polar surface area (TPSA) is 107 Å². The van der Waals surface area contributed by atoms with Gasteiger partial charge in [0.1, 0.15) is 23.6 Å². The van der Waals surface area contributed by atoms with Gasteiger partial charge in [-0.05, 0) is 74.6 Å². The smallest absolute Gasteiger partial charge is 0.303 e. The van der Waals surface area contributed by atoms with Crippen molar-refractivity contribution in [3.63, 3.8) is 0 Å². The van der Waals surface area contributed by atoms with E-state index >= 15 is 0 Å². The van der Waals surface area contributed by atoms with Crippen LogP contribution in [0, 0.1) is 22.7 Å². The van der Waals surface area contributed by atoms with Crippen LogP contribution in [0.1, 0.15) is 50.7 Å². The minimum atomic E-state index is -0.767. The highest BCUT2D eigenvalue weighted by Gasteiger charge is 2.20. The average molecular weight is 498 g/mol. The number of nitrogens with zero attached hydrogens (tertiary/aromatic N) is 3. The number of carbonyl (C=O) groups is 1. The van der Waals surface area contributed by atoms with E-state index in [1.54, 1.807) is 6.08 Å². The maximum absolute atomic E-state index is 10.6. The molecule has 2 aromatic carbocycles. The van der Waals surface area contributed by atoms with Gasteiger partial charge >= 0.3 is 5.97 Å². The summed E-state index contributed by atoms with van der Waals surface area (Å²) in [6.45, 7) is 6.43. The molecule has 1 N–H and O–H groups in total. The number of fused-ring (bicyclic) bond motifs is 1. The molecule has 0 bridgehead atoms. The standard InChI is InChI=1S/C30H31N3O4/c1-3-33(4-2)25-13-16-27-23(18-28(24(20-31)21-32)37-29(27)19-25)12-9-22-10-14-26(15-11-22)36-17-7-5-6-8-30(34)35/h9-16,18-19H,3-8,17H2,1-2H3,(H,34,35)/b12-9+. The SMILES string of the molecule is CCN(CC)c1ccc2c(c1)OC(=C(C#N)C#N)C=C2/C=C/c1ccc(OCCCCCC(=O)O)cc1. The van der Waals surface area contributed by atoms with Crippen LogP contribution in [0.4, 0.5) is 5.69 Å². The van der Waals surface area contributed by atoms with E-state index in [-0.39, 0.29) is 17.8 Å². The predicted octanol–water partition coefficient (Wildman–Crippen LogP) is 6.35. The van der Waals surface area contributed by atoms with E-state index in [9.17, 15) is 15.3 Å². The van der Waals surface area contributed by atoms with Crippen LogP contribution in [0.2, 0.25) is 0 Å². The highest BCUT2D eigenvalue weighted by molar-refractivity contribution is 5.86. The predicted molar refractivity (Wildman–Crippen MR) is 144 cm³/mol. The molecular weight excluding hydrogens is 466 g/mol. The van der Waals surface area contributed by atoms with Crippen LogP contribution in [-0.4, -0.2) is 30.8 Å². The lowest BCUT2D eigenvalue weighted by atomic mass is 9.98. The zero-order valence-corrected chi connectivity index (χ0v) is 21.2. The van der Waals surface area contributed by atoms with E-state index in [0.29, 0.717) is 18.8 Å². The van der Waals surface area contributed by atoms with Gasteiger partial charge in [-0.15, -0.1) is 0 Å². The number of carboxylic acid groups (broad SMARTS) is 1. The molecule has 3 rings (SSSR count). The molecule has 7 nitrogen and oxygen atoms in total. The van der Waals surface area contributed by atoms with Crippen molar-refractivity contribution in [2.75, 3.05) is 24.6 Å². The molecule has 0 radical (unpaired) electrons. The number of unbranched alkanes of at least 4 members (excludes halogenated alkanes) is 2. The number of aliphatic carboxylic acids is 1. The fourth-order valence-electron chi connectivity index (χ4n) is 3.99. The molecule has 0 spiro atoms. The Kier molecular flexibility index (Phi) is 9.93. The molecule has 0 atom stereocenters. The second-order valence-electron chi connectivity index (χ2n) is 8.47. The summed E-state index contributed by atoms with van der Waals surface area (Å²) < 4.78 is 11.7. The lowest BCUT2D eigenvalue weighted by Gasteiger charge is -2.25. The van der Waals surface area contributed by atoms with Gasteiger partial charge in [0.15, 0.2) is 11.3 Å². The maximum Gasteiger partial charge on any atom is 0.303 e. The lowest BCUT2D eigenvalue weighted by Crippen LogP contribution is -2.22. The monoisotopic (exact) mass is 497 g/mol. The molecule has 1 aliphatic heterocycles. The average Bonchev–Trinajstić information content (AvgIpc) is 2.91. The summed E-state index contributed by atoms with van der Waals surface area (Å²) in [4.78, 5) is 12.8. The first-order valence-corrected chi connectivity index (χ1v) is 12.4. The zero-order valence-electron chi connectivity index (χ0n) is 21.2. The van der Waals surface area contributed by atoms with Crippen LogP contribution in [0.3, 0.4) is 0 Å². The van der Waals surface area contributed by atoms with Gasteiger partial charge in [0.2, 0.25) is 0 Å². The Hall–Kier alpha value is -4.49. The van der Waals surface area contributed by atoms with Crippen LogP contribution in [0.15, 0.2) is 65.9 Å². The third-order valence-corrected chi connectivity index (χ3v) is 6.02. The summed E-state index contributed by atoms with van der Waals surface area (Å²) in [5.74, 6) is 0.835. The molecule has 37 heavy (non-hydrogen) atoms. The number of benzene rings is 2. The van der Waals surface area contributed by atoms with E-state index in [1.165, 1.54) is 0 Å². The number of hydrogen-bond donors (Lipinski definition) is 1. The Morgan fingerprint density at radius 1 is 1.03 bits per heavy atom. The summed E-state index contributed by atoms with van der Waals surface area (Å²) in [7, 11) is 0. The third kappa shape index (κ3) is 7.49. The lowest BCUT2D eigenvalue weighted by molar-refractivity contribution is -0.137. The fourth-order valence-corrected chi connectivity index (χ4v) is 3.99. The molecule has 1 heterocycles. The summed E-state index contributed by atoms with van der Waals surface area (Å²) >= 11 is 0. The van der Waals surface area contributed by atoms with Crippen LogP contribution in [0.5, 0.6) is 11.5 Å². The molecular formula is C30H31N3O4. The quantitative estimate of drug-likeness (QED) is 0.269. The minimum absolute atomic E-state index is 0.0748. The molecule has 0 aromatic heterocycles. The first-order valence-electron chi connectivity index (χ1n) is 12.4. The van der Waals surface area contributed by atoms with Crippen molar-refractivity contribution in [2.24, 2.45) is 0 Å². The first kappa shape index (κ1) is 27.1. The largest absolute Gasteiger partial charge is 0.494 e. The molecule has 190 valence electrons. The Morgan fingerprint density at radius 3 is 2.41 bits per heavy atom. The summed E-state index contributed by atoms with van der Waals surface area (Å²) in [5, 5.41) is 27.5. The van der Waals surface area contributed by atoms with E-state index in [1.807, 2.05) is 60.7 Å². The summed E-state index contributed by atoms with van der Waals surface area (Å²) in [6.07, 6.45) is 8.11. The molecule has 0 fully saturated rings. The Bertz CT molecular complexity index is 1260. The molecule has 0 unspecified atom stereocenters. The molecule has 0 amide bonds. The van der Waals surface area contributed by atoms with Gasteiger partial charge in [0, 0.05) is 36.8 Å². The Balaban J connectivity index is 1.76. The Labute approximate surface area is 218 Å². The number of allylic oxidation sites excluding steroid dienone is 4. The van der Waals surface area contributed by atoms with Crippen molar-refractivity contribution in [1.29, 1.82) is 10.5 Å². The van der Waals surface area contributed by atoms with Gasteiger partial charge in [0.05, 0.1) is 6.61 Å². The van der Waals surface area contributed by atoms with Crippen molar-refractivity contribution in [2.45, 2.75) is 39.5 Å². The highest BCUT2D eigenvalue weighted by atomic mass is 16.5. The van der Waals surface area contributed by atoms with E-state index in [2.05, 4.69) is 24.8 Å². The first-order chi connectivity index (χ1) is 18.0. The second kappa shape index (κ2) is 13.6. The number of rotatable bonds is 12. The normalized spacial score (nSPS) is 12.1. The highest BCUT2D eigenvalue weighted by Crippen LogP contribution is 2.38. The van der Waals surface area contributed by atoms with E-state index in [0.717, 1.165) is 54.1 Å². The van der Waals surface area contributed by atoms with Gasteiger partial charge in [0.25, 0.3) is 0 Å². The number of carboxylic acids is 1. The second-order valence-corrected chi connectivity index (χ2v) is 8.47. The van der Waals surface area contributed by atoms with Crippen LogP contribution < -0.4 is 14.4 Å². The number of ether oxygens (including phenoxy) is 2. The molecule has 0 saturated carbocycles. The van der Waals surface area contributed by atoms with Crippen molar-refractivity contribution in [3.8, 4) is 23.6 Å². The van der Waals surface area contributed by atoms with Crippen LogP contribution in [0.25, 0.3) is 11.6 Å². The van der Waals surface area contributed by atoms with Crippen LogP contribution in [-0.2, 0) is 4.79 Å². The van der Waals surface area contributed by atoms with E-state index < -0.39 is 5.97 Å². The van der Waals surface area contributed by atoms with Crippen LogP contribution >= 0.6 is 0 Å². The summed E-state index contributed by atoms with van der Waals surface area (Å²) in [6, 6.07) is 17.5. The van der Waals surface area contributed by atoms with Gasteiger partial charge in [-0.2, -0.15) is 10.5 Å². The maximum atomic E-state index is 10.6. The third-order valence-electron chi connectivity index (χ3n) is 6.02.